The van der Waals surface area contributed by atoms with Gasteiger partial charge in [0.2, 0.25) is 5.82 Å². The summed E-state index contributed by atoms with van der Waals surface area (Å²) in [5.74, 6) is -1.21. The molecule has 12 heteroatoms. The third kappa shape index (κ3) is 5.54. The van der Waals surface area contributed by atoms with Crippen molar-refractivity contribution >= 4 is 29.0 Å². The normalized spacial score (nSPS) is 10.3. The number of carbonyl (C=O) groups excluding carboxylic acids is 1. The average Bonchev–Trinajstić information content (AvgIpc) is 2.76. The molecule has 1 aromatic carbocycles. The van der Waals surface area contributed by atoms with Crippen molar-refractivity contribution in [3.8, 4) is 17.4 Å². The van der Waals surface area contributed by atoms with Crippen molar-refractivity contribution in [2.24, 2.45) is 0 Å². The van der Waals surface area contributed by atoms with Crippen LogP contribution < -0.4 is 15.0 Å². The number of hydroxylamine groups is 1. The van der Waals surface area contributed by atoms with Crippen molar-refractivity contribution in [3.63, 3.8) is 0 Å². The Kier molecular flexibility index (Phi) is 6.78. The first-order chi connectivity index (χ1) is 14.9. The van der Waals surface area contributed by atoms with Gasteiger partial charge in [-0.3, -0.25) is 14.9 Å². The fourth-order valence-corrected chi connectivity index (χ4v) is 2.41. The standard InChI is InChI=1S/C19H15ClFN5O5/c1-2-17(27)25(24-18-16(26(28)29)4-3-9-22-18)31-14-7-5-13(6-8-14)30-19-15(21)10-12(20)11-23-19/h3-11H,2H2,1H3,(H,22,24). The van der Waals surface area contributed by atoms with Crippen molar-refractivity contribution in [1.29, 1.82) is 0 Å². The highest BCUT2D eigenvalue weighted by atomic mass is 35.5. The molecule has 31 heavy (non-hydrogen) atoms. The molecule has 2 heterocycles. The number of carbonyl (C=O) groups is 1. The van der Waals surface area contributed by atoms with Gasteiger partial charge in [-0.2, -0.15) is 0 Å². The van der Waals surface area contributed by atoms with Crippen LogP contribution in [0.2, 0.25) is 5.02 Å². The van der Waals surface area contributed by atoms with Gasteiger partial charge in [-0.05, 0) is 36.4 Å². The van der Waals surface area contributed by atoms with Crippen LogP contribution in [0, 0.1) is 15.9 Å². The Morgan fingerprint density at radius 1 is 1.26 bits per heavy atom. The van der Waals surface area contributed by atoms with Crippen molar-refractivity contribution in [2.75, 3.05) is 5.43 Å². The molecule has 0 saturated heterocycles. The number of rotatable bonds is 8. The molecule has 0 spiro atoms. The fraction of sp³-hybridized carbons (Fsp3) is 0.105. The number of hydrogen-bond donors (Lipinski definition) is 1. The van der Waals surface area contributed by atoms with Crippen LogP contribution in [0.15, 0.2) is 54.9 Å². The number of aromatic nitrogens is 2. The largest absolute Gasteiger partial charge is 0.436 e. The highest BCUT2D eigenvalue weighted by Gasteiger charge is 2.21. The van der Waals surface area contributed by atoms with Crippen LogP contribution in [0.3, 0.4) is 0 Å². The zero-order valence-corrected chi connectivity index (χ0v) is 16.7. The fourth-order valence-electron chi connectivity index (χ4n) is 2.27. The molecule has 160 valence electrons. The van der Waals surface area contributed by atoms with Crippen LogP contribution in [-0.2, 0) is 4.79 Å². The number of nitrogens with zero attached hydrogens (tertiary/aromatic N) is 4. The van der Waals surface area contributed by atoms with Gasteiger partial charge in [0, 0.05) is 24.9 Å². The maximum atomic E-state index is 13.8. The minimum atomic E-state index is -0.728. The maximum absolute atomic E-state index is 13.8. The van der Waals surface area contributed by atoms with E-state index in [-0.39, 0.29) is 40.3 Å². The van der Waals surface area contributed by atoms with E-state index >= 15 is 0 Å². The second-order valence-corrected chi connectivity index (χ2v) is 6.32. The minimum absolute atomic E-state index is 0.0519. The van der Waals surface area contributed by atoms with Gasteiger partial charge >= 0.3 is 5.69 Å². The van der Waals surface area contributed by atoms with Crippen molar-refractivity contribution in [1.82, 2.24) is 15.1 Å². The van der Waals surface area contributed by atoms with Crippen LogP contribution >= 0.6 is 11.6 Å². The quantitative estimate of drug-likeness (QED) is 0.395. The number of nitrogens with one attached hydrogen (secondary N) is 1. The molecule has 3 aromatic rings. The molecule has 1 N–H and O–H groups in total. The Bertz CT molecular complexity index is 1100. The van der Waals surface area contributed by atoms with Crippen molar-refractivity contribution in [2.45, 2.75) is 13.3 Å². The van der Waals surface area contributed by atoms with Crippen LogP contribution in [0.1, 0.15) is 13.3 Å². The average molecular weight is 448 g/mol. The van der Waals surface area contributed by atoms with Crippen LogP contribution in [-0.4, -0.2) is 26.0 Å². The summed E-state index contributed by atoms with van der Waals surface area (Å²) in [7, 11) is 0. The number of anilines is 1. The molecular formula is C19H15ClFN5O5. The number of amides is 1. The Morgan fingerprint density at radius 3 is 2.61 bits per heavy atom. The Morgan fingerprint density at radius 2 is 1.97 bits per heavy atom. The lowest BCUT2D eigenvalue weighted by Gasteiger charge is -2.22. The summed E-state index contributed by atoms with van der Waals surface area (Å²) in [5, 5.41) is 12.0. The molecule has 0 radical (unpaired) electrons. The van der Waals surface area contributed by atoms with Gasteiger partial charge in [0.25, 0.3) is 11.8 Å². The molecule has 0 bridgehead atoms. The lowest BCUT2D eigenvalue weighted by atomic mass is 10.3. The molecule has 0 aliphatic rings. The van der Waals surface area contributed by atoms with E-state index in [1.165, 1.54) is 48.8 Å². The first-order valence-corrected chi connectivity index (χ1v) is 9.21. The predicted octanol–water partition coefficient (Wildman–Crippen LogP) is 4.53. The SMILES string of the molecule is CCC(=O)N(Nc1ncccc1[N+](=O)[O-])Oc1ccc(Oc2ncc(Cl)cc2F)cc1. The van der Waals surface area contributed by atoms with E-state index in [0.29, 0.717) is 0 Å². The van der Waals surface area contributed by atoms with Crippen LogP contribution in [0.5, 0.6) is 17.4 Å². The van der Waals surface area contributed by atoms with E-state index in [1.54, 1.807) is 6.92 Å². The second kappa shape index (κ2) is 9.67. The maximum Gasteiger partial charge on any atom is 0.313 e. The smallest absolute Gasteiger partial charge is 0.313 e. The Balaban J connectivity index is 1.75. The summed E-state index contributed by atoms with van der Waals surface area (Å²) in [6.45, 7) is 1.60. The highest BCUT2D eigenvalue weighted by molar-refractivity contribution is 6.30. The first kappa shape index (κ1) is 21.7. The lowest BCUT2D eigenvalue weighted by molar-refractivity contribution is -0.384. The highest BCUT2D eigenvalue weighted by Crippen LogP contribution is 2.27. The summed E-state index contributed by atoms with van der Waals surface area (Å²) < 4.78 is 19.2. The van der Waals surface area contributed by atoms with E-state index in [2.05, 4.69) is 15.4 Å². The van der Waals surface area contributed by atoms with Gasteiger partial charge in [0.1, 0.15) is 5.75 Å². The second-order valence-electron chi connectivity index (χ2n) is 5.89. The van der Waals surface area contributed by atoms with Crippen LogP contribution in [0.4, 0.5) is 15.9 Å². The van der Waals surface area contributed by atoms with E-state index < -0.39 is 16.6 Å². The number of hydrazine groups is 1. The van der Waals surface area contributed by atoms with Gasteiger partial charge in [-0.1, -0.05) is 23.7 Å². The lowest BCUT2D eigenvalue weighted by Crippen LogP contribution is -2.39. The number of hydrogen-bond acceptors (Lipinski definition) is 8. The number of nitro groups is 1. The molecule has 0 aliphatic heterocycles. The molecule has 0 aliphatic carbocycles. The summed E-state index contributed by atoms with van der Waals surface area (Å²) >= 11 is 5.66. The summed E-state index contributed by atoms with van der Waals surface area (Å²) in [6, 6.07) is 9.53. The first-order valence-electron chi connectivity index (χ1n) is 8.83. The monoisotopic (exact) mass is 447 g/mol. The van der Waals surface area contributed by atoms with Crippen molar-refractivity contribution in [3.05, 3.63) is 75.8 Å². The van der Waals surface area contributed by atoms with Gasteiger partial charge in [0.15, 0.2) is 11.6 Å². The van der Waals surface area contributed by atoms with Crippen LogP contribution in [0.25, 0.3) is 0 Å². The molecule has 0 fully saturated rings. The zero-order valence-electron chi connectivity index (χ0n) is 16.0. The Labute approximate surface area is 180 Å². The molecule has 0 unspecified atom stereocenters. The summed E-state index contributed by atoms with van der Waals surface area (Å²) in [5.41, 5.74) is 2.17. The van der Waals surface area contributed by atoms with E-state index in [1.807, 2.05) is 0 Å². The topological polar surface area (TPSA) is 120 Å². The van der Waals surface area contributed by atoms with Gasteiger partial charge in [-0.25, -0.2) is 19.8 Å². The van der Waals surface area contributed by atoms with Gasteiger partial charge < -0.3 is 9.57 Å². The number of benzene rings is 1. The van der Waals surface area contributed by atoms with E-state index in [4.69, 9.17) is 21.2 Å². The van der Waals surface area contributed by atoms with Gasteiger partial charge in [0.05, 0.1) is 9.95 Å². The molecule has 0 atom stereocenters. The molecule has 0 saturated carbocycles. The minimum Gasteiger partial charge on any atom is -0.436 e. The van der Waals surface area contributed by atoms with E-state index in [0.717, 1.165) is 11.2 Å². The molecule has 10 nitrogen and oxygen atoms in total. The summed E-state index contributed by atoms with van der Waals surface area (Å²) in [4.78, 5) is 35.9. The number of pyridine rings is 2. The molecule has 3 rings (SSSR count). The van der Waals surface area contributed by atoms with Crippen molar-refractivity contribution < 1.29 is 23.7 Å². The zero-order chi connectivity index (χ0) is 22.4. The number of halogens is 2. The number of ether oxygens (including phenoxy) is 1. The summed E-state index contributed by atoms with van der Waals surface area (Å²) in [6.07, 6.45) is 2.63. The van der Waals surface area contributed by atoms with Gasteiger partial charge in [-0.15, -0.1) is 0 Å². The molecule has 2 aromatic heterocycles. The molecular weight excluding hydrogens is 433 g/mol. The third-order valence-electron chi connectivity index (χ3n) is 3.73. The van der Waals surface area contributed by atoms with E-state index in [9.17, 15) is 19.3 Å². The third-order valence-corrected chi connectivity index (χ3v) is 3.94. The predicted molar refractivity (Wildman–Crippen MR) is 108 cm³/mol. The Hall–Kier alpha value is -3.99. The molecule has 1 amide bonds.